The van der Waals surface area contributed by atoms with Gasteiger partial charge in [0, 0.05) is 12.6 Å². The first-order chi connectivity index (χ1) is 12.9. The summed E-state index contributed by atoms with van der Waals surface area (Å²) in [5.41, 5.74) is 0. The Hall–Kier alpha value is -1.90. The summed E-state index contributed by atoms with van der Waals surface area (Å²) in [5, 5.41) is 12.3. The zero-order valence-corrected chi connectivity index (χ0v) is 16.0. The van der Waals surface area contributed by atoms with E-state index >= 15 is 0 Å². The molecule has 2 unspecified atom stereocenters. The van der Waals surface area contributed by atoms with Crippen molar-refractivity contribution < 1.29 is 23.1 Å². The van der Waals surface area contributed by atoms with Crippen LogP contribution in [0.5, 0.6) is 5.75 Å². The Kier molecular flexibility index (Phi) is 6.18. The highest BCUT2D eigenvalue weighted by Crippen LogP contribution is 2.29. The molecule has 3 rings (SSSR count). The zero-order valence-electron chi connectivity index (χ0n) is 15.2. The summed E-state index contributed by atoms with van der Waals surface area (Å²) in [5.74, 6) is 0.307. The molecule has 1 aliphatic carbocycles. The fourth-order valence-corrected chi connectivity index (χ4v) is 5.41. The molecule has 2 aliphatic rings. The van der Waals surface area contributed by atoms with Gasteiger partial charge in [-0.2, -0.15) is 4.31 Å². The molecule has 0 radical (unpaired) electrons. The highest BCUT2D eigenvalue weighted by Gasteiger charge is 2.40. The number of sulfonamides is 1. The summed E-state index contributed by atoms with van der Waals surface area (Å²) in [7, 11) is -3.78. The lowest BCUT2D eigenvalue weighted by atomic mass is 10.2. The number of benzene rings is 1. The predicted molar refractivity (Wildman–Crippen MR) is 101 cm³/mol. The van der Waals surface area contributed by atoms with Crippen molar-refractivity contribution in [3.8, 4) is 5.75 Å². The Morgan fingerprint density at radius 1 is 1.30 bits per heavy atom. The number of rotatable bonds is 7. The highest BCUT2D eigenvalue weighted by molar-refractivity contribution is 7.89. The standard InChI is InChI=1S/C19H26N2O5S/c1-2-19(23)20-14-11-15(13-22)21(12-14)27(24,25)18-9-7-17(8-10-18)26-16-5-3-4-6-16/h2,7-10,14-16,22H,1,3-6,11-13H2,(H,20,23). The van der Waals surface area contributed by atoms with Crippen molar-refractivity contribution in [3.05, 3.63) is 36.9 Å². The normalized spacial score (nSPS) is 24.0. The smallest absolute Gasteiger partial charge is 0.243 e. The van der Waals surface area contributed by atoms with Crippen LogP contribution in [-0.2, 0) is 14.8 Å². The van der Waals surface area contributed by atoms with E-state index < -0.39 is 16.1 Å². The van der Waals surface area contributed by atoms with Gasteiger partial charge in [-0.25, -0.2) is 8.42 Å². The average Bonchev–Trinajstić information content (AvgIpc) is 3.32. The van der Waals surface area contributed by atoms with Gasteiger partial charge in [0.15, 0.2) is 0 Å². The van der Waals surface area contributed by atoms with Crippen LogP contribution in [0.25, 0.3) is 0 Å². The molecule has 2 atom stereocenters. The van der Waals surface area contributed by atoms with Gasteiger partial charge in [0.1, 0.15) is 5.75 Å². The van der Waals surface area contributed by atoms with Crippen molar-refractivity contribution in [1.29, 1.82) is 0 Å². The van der Waals surface area contributed by atoms with Crippen LogP contribution in [0.2, 0.25) is 0 Å². The molecule has 1 aromatic carbocycles. The van der Waals surface area contributed by atoms with Crippen molar-refractivity contribution in [1.82, 2.24) is 9.62 Å². The third-order valence-corrected chi connectivity index (χ3v) is 7.07. The van der Waals surface area contributed by atoms with Gasteiger partial charge in [-0.3, -0.25) is 4.79 Å². The summed E-state index contributed by atoms with van der Waals surface area (Å²) >= 11 is 0. The van der Waals surface area contributed by atoms with E-state index in [0.29, 0.717) is 12.2 Å². The fraction of sp³-hybridized carbons (Fsp3) is 0.526. The number of aliphatic hydroxyl groups excluding tert-OH is 1. The summed E-state index contributed by atoms with van der Waals surface area (Å²) in [6.45, 7) is 3.21. The number of amides is 1. The second kappa shape index (κ2) is 8.41. The molecular weight excluding hydrogens is 368 g/mol. The molecule has 1 heterocycles. The van der Waals surface area contributed by atoms with E-state index in [-0.39, 0.29) is 36.1 Å². The first-order valence-electron chi connectivity index (χ1n) is 9.26. The van der Waals surface area contributed by atoms with Crippen LogP contribution in [0.3, 0.4) is 0 Å². The van der Waals surface area contributed by atoms with Crippen LogP contribution < -0.4 is 10.1 Å². The van der Waals surface area contributed by atoms with Gasteiger partial charge in [-0.15, -0.1) is 0 Å². The Bertz CT molecular complexity index is 772. The molecule has 0 spiro atoms. The van der Waals surface area contributed by atoms with E-state index in [1.54, 1.807) is 12.1 Å². The highest BCUT2D eigenvalue weighted by atomic mass is 32.2. The Labute approximate surface area is 160 Å². The summed E-state index contributed by atoms with van der Waals surface area (Å²) in [6.07, 6.45) is 6.11. The molecular formula is C19H26N2O5S. The van der Waals surface area contributed by atoms with Crippen molar-refractivity contribution >= 4 is 15.9 Å². The molecule has 0 aromatic heterocycles. The first kappa shape index (κ1) is 19.9. The van der Waals surface area contributed by atoms with Gasteiger partial charge in [0.2, 0.25) is 15.9 Å². The lowest BCUT2D eigenvalue weighted by Crippen LogP contribution is -2.39. The van der Waals surface area contributed by atoms with Crippen LogP contribution in [0, 0.1) is 0 Å². The van der Waals surface area contributed by atoms with Gasteiger partial charge in [-0.1, -0.05) is 6.58 Å². The lowest BCUT2D eigenvalue weighted by molar-refractivity contribution is -0.117. The van der Waals surface area contributed by atoms with E-state index in [2.05, 4.69) is 11.9 Å². The molecule has 8 heteroatoms. The van der Waals surface area contributed by atoms with Crippen LogP contribution in [0.4, 0.5) is 0 Å². The predicted octanol–water partition coefficient (Wildman–Crippen LogP) is 1.43. The molecule has 0 bridgehead atoms. The minimum absolute atomic E-state index is 0.119. The summed E-state index contributed by atoms with van der Waals surface area (Å²) < 4.78 is 33.1. The number of hydrogen-bond acceptors (Lipinski definition) is 5. The zero-order chi connectivity index (χ0) is 19.4. The third-order valence-electron chi connectivity index (χ3n) is 5.14. The maximum absolute atomic E-state index is 13.0. The van der Waals surface area contributed by atoms with Crippen molar-refractivity contribution in [2.24, 2.45) is 0 Å². The van der Waals surface area contributed by atoms with Gasteiger partial charge in [0.05, 0.1) is 23.6 Å². The Morgan fingerprint density at radius 2 is 1.96 bits per heavy atom. The molecule has 7 nitrogen and oxygen atoms in total. The van der Waals surface area contributed by atoms with E-state index in [0.717, 1.165) is 31.8 Å². The van der Waals surface area contributed by atoms with Crippen LogP contribution in [0.1, 0.15) is 32.1 Å². The number of ether oxygens (including phenoxy) is 1. The number of nitrogens with one attached hydrogen (secondary N) is 1. The molecule has 2 N–H and O–H groups in total. The third kappa shape index (κ3) is 4.51. The summed E-state index contributed by atoms with van der Waals surface area (Å²) in [6, 6.07) is 5.48. The van der Waals surface area contributed by atoms with E-state index in [1.807, 2.05) is 0 Å². The summed E-state index contributed by atoms with van der Waals surface area (Å²) in [4.78, 5) is 11.6. The quantitative estimate of drug-likeness (QED) is 0.682. The van der Waals surface area contributed by atoms with Gasteiger partial charge in [0.25, 0.3) is 0 Å². The number of carbonyl (C=O) groups excluding carboxylic acids is 1. The molecule has 1 aliphatic heterocycles. The second-order valence-electron chi connectivity index (χ2n) is 7.05. The van der Waals surface area contributed by atoms with Crippen LogP contribution in [-0.4, -0.2) is 55.1 Å². The number of nitrogens with zero attached hydrogens (tertiary/aromatic N) is 1. The minimum Gasteiger partial charge on any atom is -0.490 e. The Balaban J connectivity index is 1.72. The molecule has 1 aromatic rings. The van der Waals surface area contributed by atoms with Gasteiger partial charge in [-0.05, 0) is 62.4 Å². The first-order valence-corrected chi connectivity index (χ1v) is 10.7. The topological polar surface area (TPSA) is 95.9 Å². The second-order valence-corrected chi connectivity index (χ2v) is 8.94. The van der Waals surface area contributed by atoms with Crippen molar-refractivity contribution in [2.75, 3.05) is 13.2 Å². The van der Waals surface area contributed by atoms with Gasteiger partial charge < -0.3 is 15.2 Å². The van der Waals surface area contributed by atoms with Crippen molar-refractivity contribution in [3.63, 3.8) is 0 Å². The van der Waals surface area contributed by atoms with E-state index in [1.165, 1.54) is 16.4 Å². The molecule has 148 valence electrons. The SMILES string of the molecule is C=CC(=O)NC1CC(CO)N(S(=O)(=O)c2ccc(OC3CCCC3)cc2)C1. The van der Waals surface area contributed by atoms with E-state index in [4.69, 9.17) is 4.74 Å². The van der Waals surface area contributed by atoms with Crippen molar-refractivity contribution in [2.45, 2.75) is 55.2 Å². The molecule has 1 saturated heterocycles. The molecule has 2 fully saturated rings. The van der Waals surface area contributed by atoms with Gasteiger partial charge >= 0.3 is 0 Å². The molecule has 1 saturated carbocycles. The van der Waals surface area contributed by atoms with E-state index in [9.17, 15) is 18.3 Å². The van der Waals surface area contributed by atoms with Crippen LogP contribution in [0.15, 0.2) is 41.8 Å². The fourth-order valence-electron chi connectivity index (χ4n) is 3.74. The van der Waals surface area contributed by atoms with Crippen LogP contribution >= 0.6 is 0 Å². The number of carbonyl (C=O) groups is 1. The number of hydrogen-bond donors (Lipinski definition) is 2. The monoisotopic (exact) mass is 394 g/mol. The number of aliphatic hydroxyl groups is 1. The Morgan fingerprint density at radius 3 is 2.56 bits per heavy atom. The lowest BCUT2D eigenvalue weighted by Gasteiger charge is -2.22. The molecule has 1 amide bonds. The average molecular weight is 394 g/mol. The largest absolute Gasteiger partial charge is 0.490 e. The maximum Gasteiger partial charge on any atom is 0.243 e. The molecule has 27 heavy (non-hydrogen) atoms. The minimum atomic E-state index is -3.78. The maximum atomic E-state index is 13.0.